The Kier molecular flexibility index (Phi) is 7.51. The van der Waals surface area contributed by atoms with E-state index in [-0.39, 0.29) is 35.5 Å². The minimum Gasteiger partial charge on any atom is -0.493 e. The minimum absolute atomic E-state index is 0.0182. The van der Waals surface area contributed by atoms with Gasteiger partial charge in [0, 0.05) is 49.0 Å². The maximum absolute atomic E-state index is 14.1. The molecule has 3 aliphatic carbocycles. The number of likely N-dealkylation sites (tertiary alicyclic amines) is 1. The normalized spacial score (nSPS) is 31.4. The predicted molar refractivity (Wildman–Crippen MR) is 170 cm³/mol. The SMILES string of the molecule is COc1ccc2c3c1O[C@H]1[C@H](N(CC(C)C)C(=O)C=Cc4cccc(C)c4)CC[C@H]4[C@@H](C2)N(CC2CC2OC(C)=O)CC[C@@]341. The number of carbonyl (C=O) groups excluding carboxylic acids is 2. The van der Waals surface area contributed by atoms with Crippen molar-refractivity contribution in [3.05, 3.63) is 64.7 Å². The van der Waals surface area contributed by atoms with Crippen LogP contribution in [-0.4, -0.2) is 72.7 Å². The molecule has 2 bridgehead atoms. The zero-order chi connectivity index (χ0) is 30.7. The van der Waals surface area contributed by atoms with Crippen LogP contribution >= 0.6 is 0 Å². The van der Waals surface area contributed by atoms with Crippen molar-refractivity contribution in [3.8, 4) is 11.5 Å². The van der Waals surface area contributed by atoms with Crippen molar-refractivity contribution >= 4 is 18.0 Å². The number of methoxy groups -OCH3 is 1. The van der Waals surface area contributed by atoms with Crippen LogP contribution in [0.25, 0.3) is 6.08 Å². The van der Waals surface area contributed by atoms with E-state index in [0.29, 0.717) is 30.3 Å². The molecular weight excluding hydrogens is 552 g/mol. The number of amides is 1. The van der Waals surface area contributed by atoms with Gasteiger partial charge in [0.2, 0.25) is 5.91 Å². The second-order valence-corrected chi connectivity index (χ2v) is 14.3. The highest BCUT2D eigenvalue weighted by atomic mass is 16.5. The van der Waals surface area contributed by atoms with Crippen LogP contribution < -0.4 is 9.47 Å². The molecule has 2 aliphatic heterocycles. The Labute approximate surface area is 261 Å². The summed E-state index contributed by atoms with van der Waals surface area (Å²) in [6.45, 7) is 10.6. The van der Waals surface area contributed by atoms with Crippen molar-refractivity contribution in [1.82, 2.24) is 9.80 Å². The standard InChI is InChI=1S/C37H46N2O5/c1-22(2)20-39(33(41)14-9-25-8-6-7-23(3)17-25)29-12-11-28-30-18-26-10-13-31(42-5)35-34(26)37(28,36(29)44-35)15-16-38(30)21-27-19-32(27)43-24(4)40/h6-10,13-14,17,22,27-30,32,36H,11-12,15-16,18-21H2,1-5H3/t27?,28-,29+,30+,32?,36-,37-/m0/s1. The molecule has 1 saturated heterocycles. The van der Waals surface area contributed by atoms with Gasteiger partial charge in [-0.3, -0.25) is 14.5 Å². The quantitative estimate of drug-likeness (QED) is 0.278. The van der Waals surface area contributed by atoms with Gasteiger partial charge in [0.15, 0.2) is 11.5 Å². The Balaban J connectivity index is 1.22. The topological polar surface area (TPSA) is 68.3 Å². The number of piperidine rings is 1. The molecule has 2 aromatic rings. The monoisotopic (exact) mass is 598 g/mol. The lowest BCUT2D eigenvalue weighted by Gasteiger charge is -2.60. The highest BCUT2D eigenvalue weighted by molar-refractivity contribution is 5.92. The first-order valence-corrected chi connectivity index (χ1v) is 16.5. The number of benzene rings is 2. The Morgan fingerprint density at radius 1 is 1.20 bits per heavy atom. The molecule has 0 N–H and O–H groups in total. The third kappa shape index (κ3) is 4.92. The molecule has 5 aliphatic rings. The number of aryl methyl sites for hydroxylation is 1. The van der Waals surface area contributed by atoms with Gasteiger partial charge in [-0.15, -0.1) is 0 Å². The summed E-state index contributed by atoms with van der Waals surface area (Å²) in [5, 5.41) is 0. The van der Waals surface area contributed by atoms with Crippen LogP contribution in [0.15, 0.2) is 42.5 Å². The largest absolute Gasteiger partial charge is 0.493 e. The first-order chi connectivity index (χ1) is 21.2. The molecule has 1 amide bonds. The smallest absolute Gasteiger partial charge is 0.302 e. The first kappa shape index (κ1) is 29.4. The predicted octanol–water partition coefficient (Wildman–Crippen LogP) is 5.56. The fourth-order valence-corrected chi connectivity index (χ4v) is 9.18. The summed E-state index contributed by atoms with van der Waals surface area (Å²) in [6.07, 6.45) is 8.61. The molecule has 1 spiro atoms. The number of ether oxygens (including phenoxy) is 3. The summed E-state index contributed by atoms with van der Waals surface area (Å²) in [4.78, 5) is 30.4. The summed E-state index contributed by atoms with van der Waals surface area (Å²) in [5.41, 5.74) is 4.79. The van der Waals surface area contributed by atoms with Crippen LogP contribution in [0.5, 0.6) is 11.5 Å². The van der Waals surface area contributed by atoms with E-state index in [0.717, 1.165) is 62.3 Å². The van der Waals surface area contributed by atoms with Crippen molar-refractivity contribution in [3.63, 3.8) is 0 Å². The van der Waals surface area contributed by atoms with E-state index in [2.05, 4.69) is 54.8 Å². The molecule has 2 saturated carbocycles. The minimum atomic E-state index is -0.179. The average Bonchev–Trinajstić information content (AvgIpc) is 3.61. The molecule has 2 aromatic carbocycles. The number of rotatable bonds is 9. The second kappa shape index (κ2) is 11.2. The maximum atomic E-state index is 14.1. The van der Waals surface area contributed by atoms with Gasteiger partial charge in [-0.1, -0.05) is 49.7 Å². The Bertz CT molecular complexity index is 1480. The van der Waals surface area contributed by atoms with E-state index in [9.17, 15) is 9.59 Å². The number of hydrogen-bond acceptors (Lipinski definition) is 6. The summed E-state index contributed by atoms with van der Waals surface area (Å²) in [5.74, 6) is 2.79. The molecule has 7 rings (SSSR count). The Morgan fingerprint density at radius 3 is 2.80 bits per heavy atom. The molecule has 3 fully saturated rings. The Morgan fingerprint density at radius 2 is 2.05 bits per heavy atom. The van der Waals surface area contributed by atoms with Crippen molar-refractivity contribution < 1.29 is 23.8 Å². The van der Waals surface area contributed by atoms with Crippen LogP contribution in [-0.2, 0) is 26.2 Å². The van der Waals surface area contributed by atoms with Gasteiger partial charge >= 0.3 is 5.97 Å². The van der Waals surface area contributed by atoms with Crippen LogP contribution in [0, 0.1) is 24.7 Å². The third-order valence-corrected chi connectivity index (χ3v) is 11.0. The summed E-state index contributed by atoms with van der Waals surface area (Å²) >= 11 is 0. The number of carbonyl (C=O) groups is 2. The fraction of sp³-hybridized carbons (Fsp3) is 0.568. The van der Waals surface area contributed by atoms with Gasteiger partial charge in [0.25, 0.3) is 0 Å². The van der Waals surface area contributed by atoms with Gasteiger partial charge < -0.3 is 19.1 Å². The molecule has 7 atom stereocenters. The van der Waals surface area contributed by atoms with Crippen molar-refractivity contribution in [2.24, 2.45) is 17.8 Å². The summed E-state index contributed by atoms with van der Waals surface area (Å²) in [6, 6.07) is 13.0. The van der Waals surface area contributed by atoms with E-state index in [4.69, 9.17) is 14.2 Å². The van der Waals surface area contributed by atoms with Crippen LogP contribution in [0.1, 0.15) is 68.7 Å². The summed E-state index contributed by atoms with van der Waals surface area (Å²) < 4.78 is 18.5. The van der Waals surface area contributed by atoms with Crippen molar-refractivity contribution in [1.29, 1.82) is 0 Å². The van der Waals surface area contributed by atoms with Gasteiger partial charge in [0.05, 0.1) is 13.2 Å². The summed E-state index contributed by atoms with van der Waals surface area (Å²) in [7, 11) is 1.73. The lowest BCUT2D eigenvalue weighted by Crippen LogP contribution is -2.69. The number of esters is 1. The lowest BCUT2D eigenvalue weighted by atomic mass is 9.51. The van der Waals surface area contributed by atoms with Gasteiger partial charge in [-0.05, 0) is 80.7 Å². The zero-order valence-electron chi connectivity index (χ0n) is 26.8. The second-order valence-electron chi connectivity index (χ2n) is 14.3. The van der Waals surface area contributed by atoms with Crippen LogP contribution in [0.4, 0.5) is 0 Å². The first-order valence-electron chi connectivity index (χ1n) is 16.5. The molecule has 44 heavy (non-hydrogen) atoms. The number of hydrogen-bond donors (Lipinski definition) is 0. The van der Waals surface area contributed by atoms with E-state index in [1.807, 2.05) is 18.2 Å². The van der Waals surface area contributed by atoms with Gasteiger partial charge in [0.1, 0.15) is 12.2 Å². The van der Waals surface area contributed by atoms with Crippen LogP contribution in [0.3, 0.4) is 0 Å². The van der Waals surface area contributed by atoms with Crippen molar-refractivity contribution in [2.75, 3.05) is 26.7 Å². The molecule has 0 aromatic heterocycles. The fourth-order valence-electron chi connectivity index (χ4n) is 9.18. The molecular formula is C37H46N2O5. The lowest BCUT2D eigenvalue weighted by molar-refractivity contribution is -0.142. The molecule has 2 unspecified atom stereocenters. The van der Waals surface area contributed by atoms with E-state index in [1.165, 1.54) is 23.6 Å². The molecule has 7 nitrogen and oxygen atoms in total. The van der Waals surface area contributed by atoms with Crippen LogP contribution in [0.2, 0.25) is 0 Å². The molecule has 234 valence electrons. The van der Waals surface area contributed by atoms with E-state index >= 15 is 0 Å². The Hall–Kier alpha value is -3.32. The highest BCUT2D eigenvalue weighted by Gasteiger charge is 2.67. The average molecular weight is 599 g/mol. The van der Waals surface area contributed by atoms with Crippen molar-refractivity contribution in [2.45, 2.75) is 89.5 Å². The molecule has 2 heterocycles. The third-order valence-electron chi connectivity index (χ3n) is 11.0. The van der Waals surface area contributed by atoms with E-state index in [1.54, 1.807) is 13.2 Å². The van der Waals surface area contributed by atoms with Gasteiger partial charge in [-0.2, -0.15) is 0 Å². The molecule has 7 heteroatoms. The van der Waals surface area contributed by atoms with E-state index < -0.39 is 0 Å². The molecule has 0 radical (unpaired) electrons. The van der Waals surface area contributed by atoms with Gasteiger partial charge in [-0.25, -0.2) is 0 Å². The maximum Gasteiger partial charge on any atom is 0.302 e. The number of nitrogens with zero attached hydrogens (tertiary/aromatic N) is 2. The highest BCUT2D eigenvalue weighted by Crippen LogP contribution is 2.64. The zero-order valence-corrected chi connectivity index (χ0v) is 26.8.